The van der Waals surface area contributed by atoms with E-state index in [-0.39, 0.29) is 11.6 Å². The third-order valence-corrected chi connectivity index (χ3v) is 5.46. The van der Waals surface area contributed by atoms with Gasteiger partial charge in [-0.1, -0.05) is 25.5 Å². The van der Waals surface area contributed by atoms with Crippen molar-refractivity contribution in [3.63, 3.8) is 0 Å². The van der Waals surface area contributed by atoms with E-state index in [1.165, 1.54) is 11.1 Å². The first-order valence-corrected chi connectivity index (χ1v) is 9.87. The Bertz CT molecular complexity index is 646. The maximum atomic E-state index is 12.4. The van der Waals surface area contributed by atoms with Crippen LogP contribution >= 0.6 is 0 Å². The van der Waals surface area contributed by atoms with Crippen molar-refractivity contribution in [1.29, 1.82) is 0 Å². The topological polar surface area (TPSA) is 29.5 Å². The molecule has 0 saturated carbocycles. The summed E-state index contributed by atoms with van der Waals surface area (Å²) in [5.41, 5.74) is 2.09. The molecule has 1 aliphatic rings. The second-order valence-electron chi connectivity index (χ2n) is 7.18. The first-order chi connectivity index (χ1) is 11.3. The highest BCUT2D eigenvalue weighted by Gasteiger charge is 2.31. The van der Waals surface area contributed by atoms with Crippen LogP contribution in [0.5, 0.6) is 0 Å². The fraction of sp³-hybridized carbons (Fsp3) is 0.500. The molecule has 0 fully saturated rings. The van der Waals surface area contributed by atoms with E-state index in [1.54, 1.807) is 0 Å². The molecule has 2 unspecified atom stereocenters. The molecule has 0 N–H and O–H groups in total. The summed E-state index contributed by atoms with van der Waals surface area (Å²) in [4.78, 5) is 3.02. The summed E-state index contributed by atoms with van der Waals surface area (Å²) in [6, 6.07) is 6.18. The Kier molecular flexibility index (Phi) is 5.92. The van der Waals surface area contributed by atoms with Gasteiger partial charge in [0.2, 0.25) is 0 Å². The lowest BCUT2D eigenvalue weighted by atomic mass is 10.1. The lowest BCUT2D eigenvalue weighted by Gasteiger charge is -2.31. The van der Waals surface area contributed by atoms with Gasteiger partial charge in [-0.3, -0.25) is 4.21 Å². The molecule has 2 rings (SSSR count). The van der Waals surface area contributed by atoms with Gasteiger partial charge in [-0.2, -0.15) is 0 Å². The number of ether oxygens (including phenoxy) is 1. The van der Waals surface area contributed by atoms with E-state index >= 15 is 0 Å². The molecule has 0 aliphatic carbocycles. The fourth-order valence-electron chi connectivity index (χ4n) is 2.90. The van der Waals surface area contributed by atoms with Gasteiger partial charge >= 0.3 is 0 Å². The lowest BCUT2D eigenvalue weighted by Crippen LogP contribution is -2.28. The Hall–Kier alpha value is -1.55. The van der Waals surface area contributed by atoms with Crippen LogP contribution in [0, 0.1) is 0 Å². The second-order valence-corrected chi connectivity index (χ2v) is 8.75. The van der Waals surface area contributed by atoms with Gasteiger partial charge in [-0.25, -0.2) is 0 Å². The van der Waals surface area contributed by atoms with E-state index in [1.807, 2.05) is 32.9 Å². The zero-order valence-corrected chi connectivity index (χ0v) is 16.1. The third-order valence-electron chi connectivity index (χ3n) is 4.02. The first-order valence-electron chi connectivity index (χ1n) is 8.55. The quantitative estimate of drug-likeness (QED) is 0.518. The number of unbranched alkanes of at least 4 members (excludes halogenated alkanes) is 1. The molecule has 4 heteroatoms. The third kappa shape index (κ3) is 4.29. The van der Waals surface area contributed by atoms with Crippen LogP contribution in [0.4, 0.5) is 0 Å². The Morgan fingerprint density at radius 2 is 2.17 bits per heavy atom. The summed E-state index contributed by atoms with van der Waals surface area (Å²) in [6.45, 7) is 16.9. The average Bonchev–Trinajstić information content (AvgIpc) is 2.88. The van der Waals surface area contributed by atoms with Crippen LogP contribution < -0.4 is 0 Å². The predicted octanol–water partition coefficient (Wildman–Crippen LogP) is 4.92. The van der Waals surface area contributed by atoms with E-state index in [2.05, 4.69) is 37.1 Å². The van der Waals surface area contributed by atoms with Gasteiger partial charge in [-0.05, 0) is 57.0 Å². The number of hydrogen-bond acceptors (Lipinski definition) is 3. The van der Waals surface area contributed by atoms with Gasteiger partial charge in [-0.15, -0.1) is 6.58 Å². The Morgan fingerprint density at radius 1 is 1.46 bits per heavy atom. The highest BCUT2D eigenvalue weighted by atomic mass is 32.2. The van der Waals surface area contributed by atoms with Crippen molar-refractivity contribution in [2.75, 3.05) is 5.75 Å². The minimum absolute atomic E-state index is 0.0491. The van der Waals surface area contributed by atoms with E-state index in [4.69, 9.17) is 4.74 Å². The Morgan fingerprint density at radius 3 is 2.75 bits per heavy atom. The summed E-state index contributed by atoms with van der Waals surface area (Å²) in [6.07, 6.45) is 3.96. The zero-order chi connectivity index (χ0) is 17.9. The van der Waals surface area contributed by atoms with Crippen molar-refractivity contribution in [3.8, 4) is 0 Å². The number of hydrogen-bond donors (Lipinski definition) is 0. The zero-order valence-electron chi connectivity index (χ0n) is 15.3. The molecule has 0 aromatic heterocycles. The van der Waals surface area contributed by atoms with Gasteiger partial charge in [0, 0.05) is 17.2 Å². The molecule has 24 heavy (non-hydrogen) atoms. The second kappa shape index (κ2) is 7.56. The molecule has 132 valence electrons. The molecule has 0 saturated heterocycles. The van der Waals surface area contributed by atoms with Crippen LogP contribution in [0.15, 0.2) is 48.2 Å². The highest BCUT2D eigenvalue weighted by Crippen LogP contribution is 2.38. The number of benzene rings is 1. The average molecular weight is 348 g/mol. The molecule has 0 amide bonds. The van der Waals surface area contributed by atoms with Crippen molar-refractivity contribution in [3.05, 3.63) is 54.4 Å². The van der Waals surface area contributed by atoms with E-state index in [0.717, 1.165) is 23.5 Å². The van der Waals surface area contributed by atoms with Crippen LogP contribution in [0.25, 0.3) is 0 Å². The Labute approximate surface area is 148 Å². The van der Waals surface area contributed by atoms with E-state index < -0.39 is 10.8 Å². The van der Waals surface area contributed by atoms with E-state index in [9.17, 15) is 4.21 Å². The number of rotatable bonds is 7. The molecule has 1 heterocycles. The normalized spacial score (nSPS) is 18.2. The summed E-state index contributed by atoms with van der Waals surface area (Å²) >= 11 is 0. The van der Waals surface area contributed by atoms with Gasteiger partial charge in [0.25, 0.3) is 0 Å². The molecular weight excluding hydrogens is 318 g/mol. The number of fused-ring (bicyclic) bond motifs is 1. The largest absolute Gasteiger partial charge is 0.474 e. The molecule has 2 atom stereocenters. The van der Waals surface area contributed by atoms with Gasteiger partial charge in [0.1, 0.15) is 5.60 Å². The summed E-state index contributed by atoms with van der Waals surface area (Å²) < 4.78 is 18.3. The molecule has 3 nitrogen and oxygen atoms in total. The SMILES string of the molecule is C=CC1c2ccc(S(=O)CCCC)cc2CN1C(=C)OC(C)(C)C. The van der Waals surface area contributed by atoms with Crippen LogP contribution in [0.3, 0.4) is 0 Å². The highest BCUT2D eigenvalue weighted by molar-refractivity contribution is 7.85. The van der Waals surface area contributed by atoms with Gasteiger partial charge in [0.05, 0.1) is 16.8 Å². The minimum Gasteiger partial charge on any atom is -0.474 e. The van der Waals surface area contributed by atoms with Crippen LogP contribution in [0.1, 0.15) is 57.7 Å². The van der Waals surface area contributed by atoms with E-state index in [0.29, 0.717) is 12.4 Å². The van der Waals surface area contributed by atoms with Gasteiger partial charge in [0.15, 0.2) is 5.88 Å². The molecule has 0 radical (unpaired) electrons. The van der Waals surface area contributed by atoms with Crippen LogP contribution in [-0.4, -0.2) is 20.5 Å². The standard InChI is InChI=1S/C20H29NO2S/c1-7-9-12-24(22)17-10-11-18-16(13-17)14-21(19(18)8-2)15(3)23-20(4,5)6/h8,10-11,13,19H,2-3,7,9,12,14H2,1,4-6H3. The molecular formula is C20H29NO2S. The lowest BCUT2D eigenvalue weighted by molar-refractivity contribution is -0.00287. The van der Waals surface area contributed by atoms with Crippen molar-refractivity contribution in [2.24, 2.45) is 0 Å². The Balaban J connectivity index is 2.22. The monoisotopic (exact) mass is 347 g/mol. The summed E-state index contributed by atoms with van der Waals surface area (Å²) in [7, 11) is -0.925. The molecule has 0 bridgehead atoms. The van der Waals surface area contributed by atoms with Crippen LogP contribution in [0.2, 0.25) is 0 Å². The van der Waals surface area contributed by atoms with Crippen molar-refractivity contribution in [1.82, 2.24) is 4.90 Å². The molecule has 1 aliphatic heterocycles. The van der Waals surface area contributed by atoms with Crippen molar-refractivity contribution in [2.45, 2.75) is 63.6 Å². The van der Waals surface area contributed by atoms with Crippen molar-refractivity contribution >= 4 is 10.8 Å². The number of nitrogens with zero attached hydrogens (tertiary/aromatic N) is 1. The van der Waals surface area contributed by atoms with Gasteiger partial charge < -0.3 is 9.64 Å². The predicted molar refractivity (Wildman–Crippen MR) is 101 cm³/mol. The smallest absolute Gasteiger partial charge is 0.183 e. The summed E-state index contributed by atoms with van der Waals surface area (Å²) in [5.74, 6) is 1.38. The minimum atomic E-state index is -0.925. The molecule has 0 spiro atoms. The molecule has 1 aromatic carbocycles. The maximum absolute atomic E-state index is 12.4. The van der Waals surface area contributed by atoms with Crippen LogP contribution in [-0.2, 0) is 22.1 Å². The maximum Gasteiger partial charge on any atom is 0.183 e. The molecule has 1 aromatic rings. The summed E-state index contributed by atoms with van der Waals surface area (Å²) in [5, 5.41) is 0. The fourth-order valence-corrected chi connectivity index (χ4v) is 4.18. The van der Waals surface area contributed by atoms with Crippen molar-refractivity contribution < 1.29 is 8.95 Å². The first kappa shape index (κ1) is 18.8.